The summed E-state index contributed by atoms with van der Waals surface area (Å²) < 4.78 is 1.50. The van der Waals surface area contributed by atoms with Gasteiger partial charge < -0.3 is 15.7 Å². The molecule has 0 radical (unpaired) electrons. The van der Waals surface area contributed by atoms with Crippen LogP contribution in [0.2, 0.25) is 0 Å². The van der Waals surface area contributed by atoms with Gasteiger partial charge in [-0.05, 0) is 45.6 Å². The van der Waals surface area contributed by atoms with Gasteiger partial charge in [0.1, 0.15) is 11.9 Å². The molecule has 0 fully saturated rings. The Hall–Kier alpha value is -4.11. The van der Waals surface area contributed by atoms with E-state index in [9.17, 15) is 14.7 Å². The summed E-state index contributed by atoms with van der Waals surface area (Å²) in [6.45, 7) is 7.53. The Morgan fingerprint density at radius 2 is 1.82 bits per heavy atom. The van der Waals surface area contributed by atoms with Gasteiger partial charge >= 0.3 is 0 Å². The number of aliphatic hydroxyl groups is 1. The van der Waals surface area contributed by atoms with Crippen LogP contribution in [-0.2, 0) is 11.2 Å². The fourth-order valence-corrected chi connectivity index (χ4v) is 5.00. The van der Waals surface area contributed by atoms with Crippen molar-refractivity contribution in [2.24, 2.45) is 0 Å². The maximum atomic E-state index is 12.7. The first-order valence-corrected chi connectivity index (χ1v) is 13.4. The highest BCUT2D eigenvalue weighted by Crippen LogP contribution is 2.29. The van der Waals surface area contributed by atoms with E-state index in [2.05, 4.69) is 10.1 Å². The van der Waals surface area contributed by atoms with Crippen molar-refractivity contribution in [2.75, 3.05) is 12.3 Å². The molecule has 0 saturated heterocycles. The Morgan fingerprint density at radius 1 is 1.08 bits per heavy atom. The second-order valence-electron chi connectivity index (χ2n) is 9.78. The molecule has 1 amide bonds. The molecule has 3 N–H and O–H groups in total. The molecule has 2 atom stereocenters. The number of pyridine rings is 1. The lowest BCUT2D eigenvalue weighted by atomic mass is 10.00. The van der Waals surface area contributed by atoms with E-state index in [1.54, 1.807) is 17.3 Å². The molecule has 3 aromatic heterocycles. The highest BCUT2D eigenvalue weighted by Gasteiger charge is 2.26. The predicted molar refractivity (Wildman–Crippen MR) is 152 cm³/mol. The molecule has 0 unspecified atom stereocenters. The minimum absolute atomic E-state index is 0.106. The topological polar surface area (TPSA) is 127 Å². The van der Waals surface area contributed by atoms with E-state index in [1.807, 2.05) is 56.3 Å². The van der Waals surface area contributed by atoms with Crippen LogP contribution >= 0.6 is 0 Å². The predicted octanol–water partition coefficient (Wildman–Crippen LogP) is 4.57. The number of anilines is 1. The van der Waals surface area contributed by atoms with Crippen molar-refractivity contribution in [2.45, 2.75) is 65.5 Å². The fraction of sp³-hybridized carbons (Fsp3) is 0.367. The Balaban J connectivity index is 1.70. The summed E-state index contributed by atoms with van der Waals surface area (Å²) in [4.78, 5) is 36.6. The van der Waals surface area contributed by atoms with Gasteiger partial charge in [-0.15, -0.1) is 0 Å². The van der Waals surface area contributed by atoms with Crippen molar-refractivity contribution in [3.63, 3.8) is 0 Å². The number of amides is 1. The Kier molecular flexibility index (Phi) is 8.71. The van der Waals surface area contributed by atoms with Crippen molar-refractivity contribution >= 4 is 23.2 Å². The standard InChI is InChI=1S/C30H36N6O3/c1-5-16-35(30(39)20(4)38)23(6-2)13-15-26-27(19(3)37)28(31)36-29(34-26)24(18-33-36)22-12-14-25(32-17-22)21-10-8-7-9-11-21/h7-12,14,17-18,20,23,38H,5-6,13,15-16,31H2,1-4H3/t20-,23-/m1/s1. The minimum Gasteiger partial charge on any atom is -0.384 e. The van der Waals surface area contributed by atoms with Crippen LogP contribution in [0.5, 0.6) is 0 Å². The number of rotatable bonds is 11. The van der Waals surface area contributed by atoms with Gasteiger partial charge in [0.05, 0.1) is 23.1 Å². The number of nitrogen functional groups attached to an aromatic ring is 1. The number of aliphatic hydroxyl groups excluding tert-OH is 1. The zero-order valence-corrected chi connectivity index (χ0v) is 23.0. The number of ketones is 1. The average Bonchev–Trinajstić information content (AvgIpc) is 3.37. The Morgan fingerprint density at radius 3 is 2.41 bits per heavy atom. The lowest BCUT2D eigenvalue weighted by Crippen LogP contribution is -2.45. The number of hydrogen-bond donors (Lipinski definition) is 2. The molecule has 0 spiro atoms. The van der Waals surface area contributed by atoms with E-state index in [0.29, 0.717) is 42.7 Å². The largest absolute Gasteiger partial charge is 0.384 e. The molecule has 4 rings (SSSR count). The quantitative estimate of drug-likeness (QED) is 0.273. The van der Waals surface area contributed by atoms with E-state index in [0.717, 1.165) is 28.8 Å². The smallest absolute Gasteiger partial charge is 0.251 e. The van der Waals surface area contributed by atoms with Crippen molar-refractivity contribution in [1.82, 2.24) is 24.5 Å². The number of benzene rings is 1. The SMILES string of the molecule is CCCN(C(=O)[C@@H](C)O)[C@H](CC)CCc1nc2c(-c3ccc(-c4ccccc4)nc3)cnn2c(N)c1C(C)=O. The number of carbonyl (C=O) groups is 2. The molecule has 1 aromatic carbocycles. The second kappa shape index (κ2) is 12.2. The molecule has 0 aliphatic carbocycles. The molecule has 0 aliphatic rings. The summed E-state index contributed by atoms with van der Waals surface area (Å²) in [7, 11) is 0. The fourth-order valence-electron chi connectivity index (χ4n) is 5.00. The van der Waals surface area contributed by atoms with Crippen LogP contribution < -0.4 is 5.73 Å². The first kappa shape index (κ1) is 27.9. The first-order valence-electron chi connectivity index (χ1n) is 13.4. The summed E-state index contributed by atoms with van der Waals surface area (Å²) in [5.74, 6) is -0.245. The normalized spacial score (nSPS) is 12.8. The number of Topliss-reactive ketones (excluding diaryl/α,β-unsaturated/α-hetero) is 1. The van der Waals surface area contributed by atoms with E-state index in [-0.39, 0.29) is 23.6 Å². The van der Waals surface area contributed by atoms with Gasteiger partial charge in [0.25, 0.3) is 5.91 Å². The van der Waals surface area contributed by atoms with Gasteiger partial charge in [0.15, 0.2) is 11.4 Å². The molecule has 9 heteroatoms. The maximum absolute atomic E-state index is 12.7. The van der Waals surface area contributed by atoms with Crippen LogP contribution in [0.4, 0.5) is 5.82 Å². The first-order chi connectivity index (χ1) is 18.8. The van der Waals surface area contributed by atoms with Crippen LogP contribution in [0.25, 0.3) is 28.0 Å². The van der Waals surface area contributed by atoms with Crippen LogP contribution in [0.3, 0.4) is 0 Å². The number of nitrogens with two attached hydrogens (primary N) is 1. The summed E-state index contributed by atoms with van der Waals surface area (Å²) in [6.07, 6.45) is 4.91. The zero-order valence-electron chi connectivity index (χ0n) is 23.0. The molecule has 0 aliphatic heterocycles. The van der Waals surface area contributed by atoms with E-state index in [4.69, 9.17) is 10.7 Å². The summed E-state index contributed by atoms with van der Waals surface area (Å²) in [5, 5.41) is 14.4. The van der Waals surface area contributed by atoms with Crippen molar-refractivity contribution in [1.29, 1.82) is 0 Å². The lowest BCUT2D eigenvalue weighted by Gasteiger charge is -2.32. The molecular formula is C30H36N6O3. The Bertz CT molecular complexity index is 1450. The third-order valence-electron chi connectivity index (χ3n) is 6.99. The number of fused-ring (bicyclic) bond motifs is 1. The van der Waals surface area contributed by atoms with E-state index in [1.165, 1.54) is 18.4 Å². The zero-order chi connectivity index (χ0) is 28.1. The molecule has 39 heavy (non-hydrogen) atoms. The highest BCUT2D eigenvalue weighted by molar-refractivity contribution is 6.00. The van der Waals surface area contributed by atoms with E-state index < -0.39 is 6.10 Å². The Labute approximate surface area is 228 Å². The van der Waals surface area contributed by atoms with Gasteiger partial charge in [0, 0.05) is 35.5 Å². The van der Waals surface area contributed by atoms with Crippen LogP contribution in [0.1, 0.15) is 63.0 Å². The van der Waals surface area contributed by atoms with Crippen LogP contribution in [0.15, 0.2) is 54.9 Å². The lowest BCUT2D eigenvalue weighted by molar-refractivity contribution is -0.142. The van der Waals surface area contributed by atoms with Gasteiger partial charge in [-0.1, -0.05) is 50.2 Å². The maximum Gasteiger partial charge on any atom is 0.251 e. The molecular weight excluding hydrogens is 492 g/mol. The summed E-state index contributed by atoms with van der Waals surface area (Å²) >= 11 is 0. The number of aryl methyl sites for hydroxylation is 1. The van der Waals surface area contributed by atoms with Crippen molar-refractivity contribution in [3.8, 4) is 22.4 Å². The molecule has 0 bridgehead atoms. The van der Waals surface area contributed by atoms with Gasteiger partial charge in [-0.2, -0.15) is 9.61 Å². The number of aromatic nitrogens is 4. The molecule has 3 heterocycles. The van der Waals surface area contributed by atoms with Gasteiger partial charge in [-0.25, -0.2) is 4.98 Å². The summed E-state index contributed by atoms with van der Waals surface area (Å²) in [6, 6.07) is 13.8. The molecule has 204 valence electrons. The highest BCUT2D eigenvalue weighted by atomic mass is 16.3. The van der Waals surface area contributed by atoms with Crippen LogP contribution in [0, 0.1) is 0 Å². The average molecular weight is 529 g/mol. The van der Waals surface area contributed by atoms with Gasteiger partial charge in [0.2, 0.25) is 0 Å². The van der Waals surface area contributed by atoms with Crippen molar-refractivity contribution in [3.05, 3.63) is 66.1 Å². The molecule has 4 aromatic rings. The number of hydrogen-bond acceptors (Lipinski definition) is 7. The third-order valence-corrected chi connectivity index (χ3v) is 6.99. The number of carbonyl (C=O) groups excluding carboxylic acids is 2. The monoisotopic (exact) mass is 528 g/mol. The van der Waals surface area contributed by atoms with Crippen molar-refractivity contribution < 1.29 is 14.7 Å². The minimum atomic E-state index is -1.07. The third kappa shape index (κ3) is 5.83. The van der Waals surface area contributed by atoms with E-state index >= 15 is 0 Å². The summed E-state index contributed by atoms with van der Waals surface area (Å²) in [5.41, 5.74) is 11.4. The van der Waals surface area contributed by atoms with Gasteiger partial charge in [-0.3, -0.25) is 14.6 Å². The number of nitrogens with zero attached hydrogens (tertiary/aromatic N) is 5. The second-order valence-corrected chi connectivity index (χ2v) is 9.78. The molecule has 0 saturated carbocycles. The van der Waals surface area contributed by atoms with Crippen LogP contribution in [-0.4, -0.2) is 60.0 Å². The molecule has 9 nitrogen and oxygen atoms in total.